The molecule has 0 bridgehead atoms. The standard InChI is InChI=1S/C8H6N2S2/c11-8-7(12-10-9-8)6-4-2-1-3-5-6/h1-5,11H. The summed E-state index contributed by atoms with van der Waals surface area (Å²) < 4.78 is 3.81. The van der Waals surface area contributed by atoms with Gasteiger partial charge in [-0.15, -0.1) is 17.7 Å². The summed E-state index contributed by atoms with van der Waals surface area (Å²) in [5.41, 5.74) is 1.12. The van der Waals surface area contributed by atoms with Crippen molar-refractivity contribution in [3.8, 4) is 10.4 Å². The van der Waals surface area contributed by atoms with Crippen molar-refractivity contribution in [2.75, 3.05) is 0 Å². The van der Waals surface area contributed by atoms with Crippen LogP contribution in [0.3, 0.4) is 0 Å². The third-order valence-electron chi connectivity index (χ3n) is 1.51. The summed E-state index contributed by atoms with van der Waals surface area (Å²) in [7, 11) is 0. The minimum Gasteiger partial charge on any atom is -0.131 e. The van der Waals surface area contributed by atoms with Gasteiger partial charge in [0, 0.05) is 0 Å². The SMILES string of the molecule is Sc1nnsc1-c1ccccc1. The van der Waals surface area contributed by atoms with Crippen molar-refractivity contribution in [1.82, 2.24) is 9.59 Å². The van der Waals surface area contributed by atoms with E-state index < -0.39 is 0 Å². The molecule has 0 radical (unpaired) electrons. The summed E-state index contributed by atoms with van der Waals surface area (Å²) in [4.78, 5) is 1.03. The maximum atomic E-state index is 4.20. The fraction of sp³-hybridized carbons (Fsp3) is 0. The van der Waals surface area contributed by atoms with E-state index in [-0.39, 0.29) is 0 Å². The largest absolute Gasteiger partial charge is 0.136 e. The molecule has 0 amide bonds. The second-order valence-electron chi connectivity index (χ2n) is 2.29. The fourth-order valence-electron chi connectivity index (χ4n) is 0.957. The van der Waals surface area contributed by atoms with Crippen LogP contribution in [0.5, 0.6) is 0 Å². The number of rotatable bonds is 1. The van der Waals surface area contributed by atoms with Crippen LogP contribution in [0, 0.1) is 0 Å². The van der Waals surface area contributed by atoms with E-state index in [1.54, 1.807) is 0 Å². The molecule has 2 nitrogen and oxygen atoms in total. The van der Waals surface area contributed by atoms with E-state index in [1.165, 1.54) is 11.5 Å². The van der Waals surface area contributed by atoms with Crippen LogP contribution >= 0.6 is 24.2 Å². The molecular weight excluding hydrogens is 188 g/mol. The lowest BCUT2D eigenvalue weighted by Crippen LogP contribution is -1.72. The lowest BCUT2D eigenvalue weighted by atomic mass is 10.2. The molecule has 60 valence electrons. The Balaban J connectivity index is 2.51. The molecule has 0 saturated carbocycles. The topological polar surface area (TPSA) is 25.8 Å². The molecular formula is C8H6N2S2. The lowest BCUT2D eigenvalue weighted by molar-refractivity contribution is 1.04. The molecule has 1 aromatic heterocycles. The van der Waals surface area contributed by atoms with Crippen LogP contribution in [-0.4, -0.2) is 9.59 Å². The number of benzene rings is 1. The van der Waals surface area contributed by atoms with Crippen LogP contribution in [0.25, 0.3) is 10.4 Å². The molecule has 12 heavy (non-hydrogen) atoms. The van der Waals surface area contributed by atoms with Gasteiger partial charge >= 0.3 is 0 Å². The summed E-state index contributed by atoms with van der Waals surface area (Å²) in [6.45, 7) is 0. The maximum Gasteiger partial charge on any atom is 0.136 e. The van der Waals surface area contributed by atoms with E-state index in [1.807, 2.05) is 30.3 Å². The predicted octanol–water partition coefficient (Wildman–Crippen LogP) is 2.49. The van der Waals surface area contributed by atoms with Crippen molar-refractivity contribution in [1.29, 1.82) is 0 Å². The second-order valence-corrected chi connectivity index (χ2v) is 3.47. The summed E-state index contributed by atoms with van der Waals surface area (Å²) in [6.07, 6.45) is 0. The molecule has 0 N–H and O–H groups in total. The van der Waals surface area contributed by atoms with Crippen molar-refractivity contribution in [2.45, 2.75) is 5.03 Å². The smallest absolute Gasteiger partial charge is 0.131 e. The average molecular weight is 194 g/mol. The van der Waals surface area contributed by atoms with E-state index in [0.29, 0.717) is 5.03 Å². The Hall–Kier alpha value is -0.870. The highest BCUT2D eigenvalue weighted by atomic mass is 32.1. The second kappa shape index (κ2) is 3.25. The summed E-state index contributed by atoms with van der Waals surface area (Å²) >= 11 is 5.56. The number of hydrogen-bond acceptors (Lipinski definition) is 4. The van der Waals surface area contributed by atoms with E-state index in [4.69, 9.17) is 0 Å². The van der Waals surface area contributed by atoms with Gasteiger partial charge in [-0.1, -0.05) is 34.8 Å². The molecule has 0 aliphatic heterocycles. The predicted molar refractivity (Wildman–Crippen MR) is 52.6 cm³/mol. The molecule has 1 aromatic carbocycles. The Morgan fingerprint density at radius 3 is 2.50 bits per heavy atom. The summed E-state index contributed by atoms with van der Waals surface area (Å²) in [5, 5.41) is 4.53. The monoisotopic (exact) mass is 194 g/mol. The third kappa shape index (κ3) is 1.35. The Kier molecular flexibility index (Phi) is 2.10. The molecule has 0 aliphatic carbocycles. The van der Waals surface area contributed by atoms with Gasteiger partial charge in [-0.3, -0.25) is 0 Å². The highest BCUT2D eigenvalue weighted by molar-refractivity contribution is 7.80. The quantitative estimate of drug-likeness (QED) is 0.706. The molecule has 4 heteroatoms. The first kappa shape index (κ1) is 7.76. The number of aromatic nitrogens is 2. The molecule has 2 rings (SSSR count). The Bertz CT molecular complexity index is 370. The molecule has 0 fully saturated rings. The van der Waals surface area contributed by atoms with Gasteiger partial charge in [-0.05, 0) is 17.1 Å². The Morgan fingerprint density at radius 2 is 1.92 bits per heavy atom. The van der Waals surface area contributed by atoms with Crippen LogP contribution < -0.4 is 0 Å². The molecule has 0 atom stereocenters. The van der Waals surface area contributed by atoms with Gasteiger partial charge in [0.1, 0.15) is 5.03 Å². The number of nitrogens with zero attached hydrogens (tertiary/aromatic N) is 2. The van der Waals surface area contributed by atoms with Crippen LogP contribution in [0.15, 0.2) is 35.4 Å². The van der Waals surface area contributed by atoms with Crippen molar-refractivity contribution in [3.63, 3.8) is 0 Å². The Labute approximate surface area is 79.8 Å². The number of hydrogen-bond donors (Lipinski definition) is 1. The van der Waals surface area contributed by atoms with Gasteiger partial charge in [0.25, 0.3) is 0 Å². The zero-order chi connectivity index (χ0) is 8.39. The van der Waals surface area contributed by atoms with Gasteiger partial charge in [0.15, 0.2) is 0 Å². The first-order valence-corrected chi connectivity index (χ1v) is 4.67. The van der Waals surface area contributed by atoms with E-state index in [9.17, 15) is 0 Å². The average Bonchev–Trinajstić information content (AvgIpc) is 2.53. The minimum atomic E-state index is 0.700. The summed E-state index contributed by atoms with van der Waals surface area (Å²) in [5.74, 6) is 0. The lowest BCUT2D eigenvalue weighted by Gasteiger charge is -1.94. The zero-order valence-corrected chi connectivity index (χ0v) is 7.85. The maximum absolute atomic E-state index is 4.20. The molecule has 0 aliphatic rings. The third-order valence-corrected chi connectivity index (χ3v) is 2.75. The Morgan fingerprint density at radius 1 is 1.17 bits per heavy atom. The van der Waals surface area contributed by atoms with Gasteiger partial charge in [-0.25, -0.2) is 0 Å². The molecule has 2 aromatic rings. The van der Waals surface area contributed by atoms with E-state index >= 15 is 0 Å². The van der Waals surface area contributed by atoms with Gasteiger partial charge in [0.2, 0.25) is 0 Å². The fourth-order valence-corrected chi connectivity index (χ4v) is 1.88. The van der Waals surface area contributed by atoms with Gasteiger partial charge in [0.05, 0.1) is 4.88 Å². The van der Waals surface area contributed by atoms with Gasteiger partial charge in [-0.2, -0.15) is 0 Å². The van der Waals surface area contributed by atoms with E-state index in [2.05, 4.69) is 22.2 Å². The van der Waals surface area contributed by atoms with Gasteiger partial charge < -0.3 is 0 Å². The van der Waals surface area contributed by atoms with Crippen molar-refractivity contribution >= 4 is 24.2 Å². The van der Waals surface area contributed by atoms with Crippen LogP contribution in [0.1, 0.15) is 0 Å². The normalized spacial score (nSPS) is 10.1. The van der Waals surface area contributed by atoms with Crippen molar-refractivity contribution in [2.24, 2.45) is 0 Å². The first-order valence-electron chi connectivity index (χ1n) is 3.44. The molecule has 1 heterocycles. The zero-order valence-electron chi connectivity index (χ0n) is 6.14. The van der Waals surface area contributed by atoms with Crippen molar-refractivity contribution < 1.29 is 0 Å². The highest BCUT2D eigenvalue weighted by Gasteiger charge is 2.04. The molecule has 0 unspecified atom stereocenters. The van der Waals surface area contributed by atoms with Crippen LogP contribution in [0.2, 0.25) is 0 Å². The van der Waals surface area contributed by atoms with Crippen LogP contribution in [0.4, 0.5) is 0 Å². The van der Waals surface area contributed by atoms with E-state index in [0.717, 1.165) is 10.4 Å². The first-order chi connectivity index (χ1) is 5.88. The molecule has 0 spiro atoms. The highest BCUT2D eigenvalue weighted by Crippen LogP contribution is 2.27. The summed E-state index contributed by atoms with van der Waals surface area (Å²) in [6, 6.07) is 10.0. The van der Waals surface area contributed by atoms with Crippen molar-refractivity contribution in [3.05, 3.63) is 30.3 Å². The minimum absolute atomic E-state index is 0.700. The van der Waals surface area contributed by atoms with Crippen LogP contribution in [-0.2, 0) is 0 Å². The number of thiol groups is 1. The molecule has 0 saturated heterocycles.